The van der Waals surface area contributed by atoms with Gasteiger partial charge in [-0.1, -0.05) is 36.8 Å². The Bertz CT molecular complexity index is 822. The first kappa shape index (κ1) is 19.8. The fourth-order valence-corrected chi connectivity index (χ4v) is 4.85. The summed E-state index contributed by atoms with van der Waals surface area (Å²) >= 11 is 0. The van der Waals surface area contributed by atoms with Crippen LogP contribution in [0.5, 0.6) is 5.75 Å². The molecule has 2 aromatic rings. The number of anilines is 1. The van der Waals surface area contributed by atoms with E-state index in [-0.39, 0.29) is 12.1 Å². The third-order valence-electron chi connectivity index (χ3n) is 6.38. The maximum absolute atomic E-state index is 12.5. The number of benzene rings is 2. The second kappa shape index (κ2) is 8.87. The number of carbonyl (C=O) groups excluding carboxylic acids is 1. The van der Waals surface area contributed by atoms with Crippen molar-refractivity contribution in [2.45, 2.75) is 63.7 Å². The van der Waals surface area contributed by atoms with Crippen molar-refractivity contribution in [2.75, 3.05) is 12.4 Å². The summed E-state index contributed by atoms with van der Waals surface area (Å²) < 4.78 is 5.27. The van der Waals surface area contributed by atoms with Crippen LogP contribution in [0.2, 0.25) is 0 Å². The van der Waals surface area contributed by atoms with Crippen LogP contribution >= 0.6 is 0 Å². The topological polar surface area (TPSA) is 53.6 Å². The predicted octanol–water partition coefficient (Wildman–Crippen LogP) is 4.71. The second-order valence-electron chi connectivity index (χ2n) is 8.34. The molecule has 2 saturated heterocycles. The van der Waals surface area contributed by atoms with E-state index in [0.717, 1.165) is 36.4 Å². The van der Waals surface area contributed by atoms with Crippen molar-refractivity contribution in [2.24, 2.45) is 0 Å². The zero-order chi connectivity index (χ0) is 20.2. The van der Waals surface area contributed by atoms with Gasteiger partial charge in [-0.2, -0.15) is 0 Å². The minimum absolute atomic E-state index is 0.0917. The first-order chi connectivity index (χ1) is 14.1. The van der Waals surface area contributed by atoms with Gasteiger partial charge in [0.25, 0.3) is 0 Å². The van der Waals surface area contributed by atoms with E-state index in [1.54, 1.807) is 7.11 Å². The number of methoxy groups -OCH3 is 1. The zero-order valence-electron chi connectivity index (χ0n) is 17.4. The van der Waals surface area contributed by atoms with Gasteiger partial charge in [-0.3, -0.25) is 4.90 Å². The van der Waals surface area contributed by atoms with Crippen LogP contribution in [0, 0.1) is 6.92 Å². The van der Waals surface area contributed by atoms with Gasteiger partial charge < -0.3 is 15.4 Å². The molecule has 0 spiro atoms. The number of aryl methyl sites for hydroxylation is 1. The summed E-state index contributed by atoms with van der Waals surface area (Å²) in [6.45, 7) is 2.99. The summed E-state index contributed by atoms with van der Waals surface area (Å²) in [7, 11) is 1.70. The highest BCUT2D eigenvalue weighted by Gasteiger charge is 2.38. The molecule has 5 nitrogen and oxygen atoms in total. The molecule has 2 bridgehead atoms. The molecule has 5 heteroatoms. The summed E-state index contributed by atoms with van der Waals surface area (Å²) in [6.07, 6.45) is 5.76. The second-order valence-corrected chi connectivity index (χ2v) is 8.34. The minimum atomic E-state index is -0.0917. The molecule has 2 fully saturated rings. The Balaban J connectivity index is 1.36. The normalized spacial score (nSPS) is 24.0. The van der Waals surface area contributed by atoms with Gasteiger partial charge in [0.1, 0.15) is 5.75 Å². The highest BCUT2D eigenvalue weighted by atomic mass is 16.5. The Labute approximate surface area is 173 Å². The molecule has 0 radical (unpaired) electrons. The van der Waals surface area contributed by atoms with E-state index in [4.69, 9.17) is 4.74 Å². The van der Waals surface area contributed by atoms with Crippen molar-refractivity contribution >= 4 is 11.7 Å². The summed E-state index contributed by atoms with van der Waals surface area (Å²) in [5.74, 6) is 0.900. The molecule has 1 unspecified atom stereocenters. The number of piperidine rings is 2. The minimum Gasteiger partial charge on any atom is -0.497 e. The van der Waals surface area contributed by atoms with Gasteiger partial charge in [0, 0.05) is 30.4 Å². The van der Waals surface area contributed by atoms with Crippen LogP contribution in [0.25, 0.3) is 0 Å². The molecule has 2 amide bonds. The van der Waals surface area contributed by atoms with Crippen molar-refractivity contribution in [3.05, 3.63) is 59.7 Å². The standard InChI is InChI=1S/C24H31N3O2/c1-17-6-3-4-9-23(17)26-24(28)25-19-14-20-7-5-8-21(15-19)27(20)16-18-10-12-22(29-2)13-11-18/h3-4,6,9-13,19-21H,5,7-8,14-16H2,1-2H3,(H2,25,26,28)/t19?,20-,21+. The Kier molecular flexibility index (Phi) is 6.05. The van der Waals surface area contributed by atoms with Gasteiger partial charge >= 0.3 is 6.03 Å². The monoisotopic (exact) mass is 393 g/mol. The lowest BCUT2D eigenvalue weighted by atomic mass is 9.81. The molecule has 29 heavy (non-hydrogen) atoms. The number of hydrogen-bond donors (Lipinski definition) is 2. The number of nitrogens with one attached hydrogen (secondary N) is 2. The van der Waals surface area contributed by atoms with Gasteiger partial charge in [-0.05, 0) is 61.9 Å². The maximum Gasteiger partial charge on any atom is 0.319 e. The first-order valence-electron chi connectivity index (χ1n) is 10.6. The molecule has 2 N–H and O–H groups in total. The average molecular weight is 394 g/mol. The van der Waals surface area contributed by atoms with Gasteiger partial charge in [-0.25, -0.2) is 4.79 Å². The molecule has 0 aliphatic carbocycles. The SMILES string of the molecule is COc1ccc(CN2[C@@H]3CCC[C@H]2CC(NC(=O)Nc2ccccc2C)C3)cc1. The largest absolute Gasteiger partial charge is 0.497 e. The van der Waals surface area contributed by atoms with E-state index >= 15 is 0 Å². The van der Waals surface area contributed by atoms with E-state index < -0.39 is 0 Å². The average Bonchev–Trinajstić information content (AvgIpc) is 2.71. The van der Waals surface area contributed by atoms with Crippen LogP contribution in [0.15, 0.2) is 48.5 Å². The summed E-state index contributed by atoms with van der Waals surface area (Å²) in [4.78, 5) is 15.2. The number of urea groups is 1. The summed E-state index contributed by atoms with van der Waals surface area (Å²) in [5.41, 5.74) is 3.28. The maximum atomic E-state index is 12.5. The number of rotatable bonds is 5. The van der Waals surface area contributed by atoms with Crippen molar-refractivity contribution in [1.82, 2.24) is 10.2 Å². The Morgan fingerprint density at radius 3 is 2.41 bits per heavy atom. The number of para-hydroxylation sites is 1. The predicted molar refractivity (Wildman–Crippen MR) is 116 cm³/mol. The molecule has 4 rings (SSSR count). The number of ether oxygens (including phenoxy) is 1. The molecule has 3 atom stereocenters. The van der Waals surface area contributed by atoms with Crippen LogP contribution in [0.1, 0.15) is 43.2 Å². The lowest BCUT2D eigenvalue weighted by molar-refractivity contribution is 0.0200. The van der Waals surface area contributed by atoms with E-state index in [0.29, 0.717) is 12.1 Å². The number of amides is 2. The number of fused-ring (bicyclic) bond motifs is 2. The third kappa shape index (κ3) is 4.73. The lowest BCUT2D eigenvalue weighted by Gasteiger charge is -2.49. The third-order valence-corrected chi connectivity index (χ3v) is 6.38. The zero-order valence-corrected chi connectivity index (χ0v) is 17.4. The van der Waals surface area contributed by atoms with Crippen LogP contribution in [0.3, 0.4) is 0 Å². The van der Waals surface area contributed by atoms with E-state index in [9.17, 15) is 4.79 Å². The van der Waals surface area contributed by atoms with Crippen LogP contribution in [0.4, 0.5) is 10.5 Å². The van der Waals surface area contributed by atoms with Gasteiger partial charge in [-0.15, -0.1) is 0 Å². The molecule has 2 heterocycles. The molecular weight excluding hydrogens is 362 g/mol. The molecule has 2 aromatic carbocycles. The van der Waals surface area contributed by atoms with Crippen molar-refractivity contribution in [3.63, 3.8) is 0 Å². The molecule has 2 aliphatic heterocycles. The van der Waals surface area contributed by atoms with Crippen LogP contribution in [-0.2, 0) is 6.54 Å². The van der Waals surface area contributed by atoms with E-state index in [1.807, 2.05) is 43.3 Å². The number of carbonyl (C=O) groups is 1. The molecule has 0 aromatic heterocycles. The van der Waals surface area contributed by atoms with Crippen molar-refractivity contribution in [3.8, 4) is 5.75 Å². The molecule has 2 aliphatic rings. The van der Waals surface area contributed by atoms with Crippen molar-refractivity contribution < 1.29 is 9.53 Å². The Morgan fingerprint density at radius 1 is 1.07 bits per heavy atom. The smallest absolute Gasteiger partial charge is 0.319 e. The Hall–Kier alpha value is -2.53. The van der Waals surface area contributed by atoms with Gasteiger partial charge in [0.05, 0.1) is 7.11 Å². The van der Waals surface area contributed by atoms with Gasteiger partial charge in [0.15, 0.2) is 0 Å². The lowest BCUT2D eigenvalue weighted by Crippen LogP contribution is -2.56. The van der Waals surface area contributed by atoms with Crippen molar-refractivity contribution in [1.29, 1.82) is 0 Å². The molecule has 154 valence electrons. The summed E-state index contributed by atoms with van der Waals surface area (Å²) in [5, 5.41) is 6.24. The quantitative estimate of drug-likeness (QED) is 0.773. The van der Waals surface area contributed by atoms with Crippen LogP contribution in [-0.4, -0.2) is 36.2 Å². The fraction of sp³-hybridized carbons (Fsp3) is 0.458. The molecular formula is C24H31N3O2. The fourth-order valence-electron chi connectivity index (χ4n) is 4.85. The molecule has 0 saturated carbocycles. The highest BCUT2D eigenvalue weighted by molar-refractivity contribution is 5.90. The number of nitrogens with zero attached hydrogens (tertiary/aromatic N) is 1. The van der Waals surface area contributed by atoms with E-state index in [2.05, 4.69) is 27.7 Å². The van der Waals surface area contributed by atoms with E-state index in [1.165, 1.54) is 24.8 Å². The van der Waals surface area contributed by atoms with Gasteiger partial charge in [0.2, 0.25) is 0 Å². The Morgan fingerprint density at radius 2 is 1.76 bits per heavy atom. The first-order valence-corrected chi connectivity index (χ1v) is 10.6. The van der Waals surface area contributed by atoms with Crippen LogP contribution < -0.4 is 15.4 Å². The summed E-state index contributed by atoms with van der Waals surface area (Å²) in [6, 6.07) is 17.5. The highest BCUT2D eigenvalue weighted by Crippen LogP contribution is 2.35. The number of hydrogen-bond acceptors (Lipinski definition) is 3.